The van der Waals surface area contributed by atoms with E-state index in [4.69, 9.17) is 5.73 Å². The van der Waals surface area contributed by atoms with Gasteiger partial charge in [-0.25, -0.2) is 4.39 Å². The number of rotatable bonds is 4. The van der Waals surface area contributed by atoms with Gasteiger partial charge in [0, 0.05) is 25.3 Å². The highest BCUT2D eigenvalue weighted by molar-refractivity contribution is 5.46. The van der Waals surface area contributed by atoms with E-state index >= 15 is 0 Å². The lowest BCUT2D eigenvalue weighted by Gasteiger charge is -2.28. The summed E-state index contributed by atoms with van der Waals surface area (Å²) in [4.78, 5) is 5.84. The molecule has 0 bridgehead atoms. The normalized spacial score (nSPS) is 23.9. The minimum atomic E-state index is -0.249. The molecule has 2 atom stereocenters. The molecule has 1 aliphatic rings. The second-order valence-electron chi connectivity index (χ2n) is 4.72. The third kappa shape index (κ3) is 2.75. The van der Waals surface area contributed by atoms with E-state index < -0.39 is 0 Å². The summed E-state index contributed by atoms with van der Waals surface area (Å²) in [6.07, 6.45) is 6.36. The second-order valence-corrected chi connectivity index (χ2v) is 4.72. The monoisotopic (exact) mass is 237 g/mol. The highest BCUT2D eigenvalue weighted by atomic mass is 19.1. The van der Waals surface area contributed by atoms with Crippen LogP contribution in [0.3, 0.4) is 0 Å². The summed E-state index contributed by atoms with van der Waals surface area (Å²) in [6, 6.07) is 2.01. The summed E-state index contributed by atoms with van der Waals surface area (Å²) in [5.74, 6) is 0.239. The van der Waals surface area contributed by atoms with E-state index in [2.05, 4.69) is 9.88 Å². The molecule has 1 aliphatic carbocycles. The molecule has 1 aromatic rings. The fraction of sp³-hybridized carbons (Fsp3) is 0.615. The number of pyridine rings is 1. The zero-order valence-electron chi connectivity index (χ0n) is 10.3. The predicted molar refractivity (Wildman–Crippen MR) is 67.4 cm³/mol. The van der Waals surface area contributed by atoms with Crippen LogP contribution in [-0.2, 0) is 0 Å². The molecule has 4 heteroatoms. The van der Waals surface area contributed by atoms with Crippen molar-refractivity contribution in [3.63, 3.8) is 0 Å². The maximum absolute atomic E-state index is 13.7. The van der Waals surface area contributed by atoms with Gasteiger partial charge in [0.1, 0.15) is 0 Å². The van der Waals surface area contributed by atoms with E-state index in [1.54, 1.807) is 12.3 Å². The molecule has 0 amide bonds. The van der Waals surface area contributed by atoms with Gasteiger partial charge in [0.05, 0.1) is 11.9 Å². The van der Waals surface area contributed by atoms with Crippen molar-refractivity contribution in [1.29, 1.82) is 0 Å². The minimum Gasteiger partial charge on any atom is -0.369 e. The summed E-state index contributed by atoms with van der Waals surface area (Å²) in [7, 11) is 0. The van der Waals surface area contributed by atoms with Gasteiger partial charge in [0.2, 0.25) is 0 Å². The summed E-state index contributed by atoms with van der Waals surface area (Å²) in [6.45, 7) is 3.68. The Morgan fingerprint density at radius 3 is 2.94 bits per heavy atom. The molecule has 94 valence electrons. The average Bonchev–Trinajstić information content (AvgIpc) is 2.73. The van der Waals surface area contributed by atoms with E-state index in [0.29, 0.717) is 11.6 Å². The fourth-order valence-corrected chi connectivity index (χ4v) is 2.60. The number of anilines is 1. The molecule has 2 N–H and O–H groups in total. The van der Waals surface area contributed by atoms with E-state index in [1.165, 1.54) is 12.6 Å². The lowest BCUT2D eigenvalue weighted by molar-refractivity contribution is 0.471. The first kappa shape index (κ1) is 12.3. The van der Waals surface area contributed by atoms with Gasteiger partial charge >= 0.3 is 0 Å². The predicted octanol–water partition coefficient (Wildman–Crippen LogP) is 2.17. The van der Waals surface area contributed by atoms with Crippen molar-refractivity contribution in [3.05, 3.63) is 24.3 Å². The van der Waals surface area contributed by atoms with Crippen LogP contribution in [0.2, 0.25) is 0 Å². The van der Waals surface area contributed by atoms with Crippen LogP contribution in [0, 0.1) is 11.7 Å². The van der Waals surface area contributed by atoms with Gasteiger partial charge in [-0.2, -0.15) is 0 Å². The van der Waals surface area contributed by atoms with E-state index in [9.17, 15) is 4.39 Å². The van der Waals surface area contributed by atoms with Crippen molar-refractivity contribution < 1.29 is 4.39 Å². The molecule has 1 heterocycles. The van der Waals surface area contributed by atoms with Crippen molar-refractivity contribution in [2.24, 2.45) is 11.7 Å². The summed E-state index contributed by atoms with van der Waals surface area (Å²) >= 11 is 0. The van der Waals surface area contributed by atoms with Gasteiger partial charge in [-0.1, -0.05) is 6.42 Å². The third-order valence-electron chi connectivity index (χ3n) is 3.65. The Morgan fingerprint density at radius 2 is 2.35 bits per heavy atom. The first-order chi connectivity index (χ1) is 8.22. The summed E-state index contributed by atoms with van der Waals surface area (Å²) < 4.78 is 13.7. The molecule has 1 fully saturated rings. The van der Waals surface area contributed by atoms with Crippen molar-refractivity contribution in [1.82, 2.24) is 4.98 Å². The van der Waals surface area contributed by atoms with Crippen LogP contribution in [-0.4, -0.2) is 24.1 Å². The van der Waals surface area contributed by atoms with Crippen LogP contribution in [0.4, 0.5) is 10.1 Å². The van der Waals surface area contributed by atoms with Crippen LogP contribution in [0.15, 0.2) is 18.5 Å². The Bertz CT molecular complexity index is 369. The van der Waals surface area contributed by atoms with Crippen LogP contribution < -0.4 is 10.6 Å². The smallest absolute Gasteiger partial charge is 0.164 e. The lowest BCUT2D eigenvalue weighted by Crippen LogP contribution is -2.36. The SMILES string of the molecule is CCN(C[C@@H]1CCC[C@H]1N)c1ccncc1F. The van der Waals surface area contributed by atoms with Gasteiger partial charge in [-0.15, -0.1) is 0 Å². The van der Waals surface area contributed by atoms with E-state index in [-0.39, 0.29) is 11.9 Å². The Labute approximate surface area is 102 Å². The topological polar surface area (TPSA) is 42.1 Å². The number of nitrogens with zero attached hydrogens (tertiary/aromatic N) is 2. The molecule has 0 spiro atoms. The molecule has 1 saturated carbocycles. The number of hydrogen-bond acceptors (Lipinski definition) is 3. The Morgan fingerprint density at radius 1 is 1.53 bits per heavy atom. The molecule has 2 rings (SSSR count). The van der Waals surface area contributed by atoms with Crippen LogP contribution in [0.25, 0.3) is 0 Å². The van der Waals surface area contributed by atoms with Crippen molar-refractivity contribution in [2.45, 2.75) is 32.2 Å². The van der Waals surface area contributed by atoms with Gasteiger partial charge in [0.25, 0.3) is 0 Å². The van der Waals surface area contributed by atoms with E-state index in [0.717, 1.165) is 25.9 Å². The van der Waals surface area contributed by atoms with Gasteiger partial charge in [-0.05, 0) is 31.7 Å². The molecule has 3 nitrogen and oxygen atoms in total. The van der Waals surface area contributed by atoms with Crippen LogP contribution >= 0.6 is 0 Å². The van der Waals surface area contributed by atoms with Gasteiger partial charge < -0.3 is 10.6 Å². The number of halogens is 1. The minimum absolute atomic E-state index is 0.249. The molecule has 0 radical (unpaired) electrons. The highest BCUT2D eigenvalue weighted by Gasteiger charge is 2.26. The Balaban J connectivity index is 2.09. The molecular formula is C13H20FN3. The molecule has 0 aliphatic heterocycles. The number of hydrogen-bond donors (Lipinski definition) is 1. The Hall–Kier alpha value is -1.16. The zero-order valence-corrected chi connectivity index (χ0v) is 10.3. The fourth-order valence-electron chi connectivity index (χ4n) is 2.60. The Kier molecular flexibility index (Phi) is 3.94. The third-order valence-corrected chi connectivity index (χ3v) is 3.65. The summed E-state index contributed by atoms with van der Waals surface area (Å²) in [5.41, 5.74) is 6.71. The van der Waals surface area contributed by atoms with Crippen molar-refractivity contribution in [3.8, 4) is 0 Å². The van der Waals surface area contributed by atoms with E-state index in [1.807, 2.05) is 6.92 Å². The molecule has 1 aromatic heterocycles. The van der Waals surface area contributed by atoms with Crippen molar-refractivity contribution in [2.75, 3.05) is 18.0 Å². The zero-order chi connectivity index (χ0) is 12.3. The highest BCUT2D eigenvalue weighted by Crippen LogP contribution is 2.27. The quantitative estimate of drug-likeness (QED) is 0.872. The van der Waals surface area contributed by atoms with Gasteiger partial charge in [0.15, 0.2) is 5.82 Å². The van der Waals surface area contributed by atoms with Crippen LogP contribution in [0.1, 0.15) is 26.2 Å². The maximum atomic E-state index is 13.7. The van der Waals surface area contributed by atoms with Gasteiger partial charge in [-0.3, -0.25) is 4.98 Å². The average molecular weight is 237 g/mol. The molecule has 0 unspecified atom stereocenters. The summed E-state index contributed by atoms with van der Waals surface area (Å²) in [5, 5.41) is 0. The van der Waals surface area contributed by atoms with Crippen molar-refractivity contribution >= 4 is 5.69 Å². The number of nitrogens with two attached hydrogens (primary N) is 1. The first-order valence-corrected chi connectivity index (χ1v) is 6.32. The first-order valence-electron chi connectivity index (χ1n) is 6.32. The lowest BCUT2D eigenvalue weighted by atomic mass is 10.0. The standard InChI is InChI=1S/C13H20FN3/c1-2-17(9-10-4-3-5-12(10)15)13-6-7-16-8-11(13)14/h6-8,10,12H,2-5,9,15H2,1H3/t10-,12+/m0/s1. The molecule has 0 aromatic carbocycles. The number of aromatic nitrogens is 1. The maximum Gasteiger partial charge on any atom is 0.164 e. The molecular weight excluding hydrogens is 217 g/mol. The molecule has 17 heavy (non-hydrogen) atoms. The van der Waals surface area contributed by atoms with Crippen LogP contribution in [0.5, 0.6) is 0 Å². The second kappa shape index (κ2) is 5.45. The molecule has 0 saturated heterocycles. The largest absolute Gasteiger partial charge is 0.369 e.